The molecule has 43 heavy (non-hydrogen) atoms. The molecule has 0 aliphatic carbocycles. The number of aromatic amines is 2. The number of nitrogens with one attached hydrogen (secondary N) is 2. The van der Waals surface area contributed by atoms with Crippen LogP contribution in [0.15, 0.2) is 48.8 Å². The zero-order valence-corrected chi connectivity index (χ0v) is 27.8. The lowest BCUT2D eigenvalue weighted by atomic mass is 10.1. The van der Waals surface area contributed by atoms with Crippen molar-refractivity contribution in [3.05, 3.63) is 58.8 Å². The van der Waals surface area contributed by atoms with E-state index in [0.29, 0.717) is 18.1 Å². The van der Waals surface area contributed by atoms with Gasteiger partial charge in [0.25, 0.3) is 0 Å². The topological polar surface area (TPSA) is 95.8 Å². The third-order valence-corrected chi connectivity index (χ3v) is 10.3. The first-order chi connectivity index (χ1) is 20.2. The third-order valence-electron chi connectivity index (χ3n) is 8.41. The number of sulfonamides is 1. The van der Waals surface area contributed by atoms with E-state index in [1.807, 2.05) is 61.5 Å². The van der Waals surface area contributed by atoms with Gasteiger partial charge in [-0.1, -0.05) is 23.2 Å². The van der Waals surface area contributed by atoms with Crippen LogP contribution in [0.2, 0.25) is 10.0 Å². The summed E-state index contributed by atoms with van der Waals surface area (Å²) >= 11 is 12.5. The number of rotatable bonds is 3. The Morgan fingerprint density at radius 3 is 1.51 bits per heavy atom. The molecule has 0 radical (unpaired) electrons. The quantitative estimate of drug-likeness (QED) is 0.287. The zero-order valence-electron chi connectivity index (χ0n) is 25.4. The molecule has 2 aliphatic heterocycles. The van der Waals surface area contributed by atoms with Gasteiger partial charge in [0.05, 0.1) is 6.26 Å². The van der Waals surface area contributed by atoms with Gasteiger partial charge < -0.3 is 24.7 Å². The van der Waals surface area contributed by atoms with Crippen molar-refractivity contribution in [2.45, 2.75) is 58.8 Å². The monoisotopic (exact) mass is 646 g/mol. The lowest BCUT2D eigenvalue weighted by molar-refractivity contribution is -0.133. The van der Waals surface area contributed by atoms with E-state index in [1.54, 1.807) is 11.2 Å². The summed E-state index contributed by atoms with van der Waals surface area (Å²) in [4.78, 5) is 24.7. The number of fused-ring (bicyclic) bond motifs is 2. The van der Waals surface area contributed by atoms with Crippen LogP contribution in [-0.2, 0) is 14.8 Å². The molecule has 2 aromatic carbocycles. The van der Waals surface area contributed by atoms with Crippen LogP contribution >= 0.6 is 23.2 Å². The third kappa shape index (κ3) is 6.48. The molecule has 2 aliphatic rings. The van der Waals surface area contributed by atoms with E-state index < -0.39 is 10.0 Å². The van der Waals surface area contributed by atoms with E-state index >= 15 is 0 Å². The van der Waals surface area contributed by atoms with Gasteiger partial charge in [-0.15, -0.1) is 0 Å². The molecule has 12 heteroatoms. The fourth-order valence-electron chi connectivity index (χ4n) is 7.05. The minimum absolute atomic E-state index is 0.0771. The van der Waals surface area contributed by atoms with E-state index in [9.17, 15) is 13.2 Å². The molecule has 0 bridgehead atoms. The summed E-state index contributed by atoms with van der Waals surface area (Å²) in [5.74, 6) is 0.146. The Labute approximate surface area is 263 Å². The van der Waals surface area contributed by atoms with E-state index in [4.69, 9.17) is 23.2 Å². The standard InChI is InChI=1S/C16H20ClN3O.C15H20ClN3O2S/c1-10-8-19(9-11(2)20(10)12(3)21)16-7-13(17)6-15-14(16)4-5-18-15;1-10-8-18(9-11(2)19(10)22(3,20)21)15-7-12(16)6-14-13(15)4-5-17-14/h4-7,10-11,18H,8-9H2,1-3H3;4-7,10-11,17H,8-9H2,1-3H3/t2*10-,11-/m11/s1. The number of benzene rings is 2. The maximum Gasteiger partial charge on any atom is 0.220 e. The van der Waals surface area contributed by atoms with Crippen molar-refractivity contribution in [1.82, 2.24) is 19.2 Å². The number of hydrogen-bond donors (Lipinski definition) is 2. The van der Waals surface area contributed by atoms with Crippen LogP contribution in [0.5, 0.6) is 0 Å². The molecule has 0 spiro atoms. The van der Waals surface area contributed by atoms with E-state index in [1.165, 1.54) is 11.6 Å². The molecular weight excluding hydrogens is 607 g/mol. The van der Waals surface area contributed by atoms with Gasteiger partial charge in [0.15, 0.2) is 0 Å². The number of hydrogen-bond acceptors (Lipinski definition) is 5. The summed E-state index contributed by atoms with van der Waals surface area (Å²) in [6, 6.07) is 12.1. The number of carbonyl (C=O) groups excluding carboxylic acids is 1. The summed E-state index contributed by atoms with van der Waals surface area (Å²) in [6.07, 6.45) is 5.10. The first-order valence-corrected chi connectivity index (χ1v) is 17.2. The first-order valence-electron chi connectivity index (χ1n) is 14.5. The molecule has 4 atom stereocenters. The van der Waals surface area contributed by atoms with Gasteiger partial charge in [-0.25, -0.2) is 8.42 Å². The van der Waals surface area contributed by atoms with Crippen LogP contribution in [0.4, 0.5) is 11.4 Å². The normalized spacial score (nSPS) is 23.5. The molecular formula is C31H40Cl2N6O3S. The highest BCUT2D eigenvalue weighted by Gasteiger charge is 2.36. The summed E-state index contributed by atoms with van der Waals surface area (Å²) in [5.41, 5.74) is 4.23. The highest BCUT2D eigenvalue weighted by Crippen LogP contribution is 2.34. The predicted octanol–water partition coefficient (Wildman–Crippen LogP) is 5.95. The van der Waals surface area contributed by atoms with Crippen LogP contribution in [0.1, 0.15) is 34.6 Å². The summed E-state index contributed by atoms with van der Waals surface area (Å²) < 4.78 is 25.5. The highest BCUT2D eigenvalue weighted by molar-refractivity contribution is 7.88. The Balaban J connectivity index is 0.000000171. The van der Waals surface area contributed by atoms with E-state index in [0.717, 1.165) is 45.9 Å². The fraction of sp³-hybridized carbons (Fsp3) is 0.452. The molecule has 4 heterocycles. The van der Waals surface area contributed by atoms with Crippen LogP contribution in [0, 0.1) is 0 Å². The molecule has 2 fully saturated rings. The Bertz CT molecular complexity index is 1710. The molecule has 232 valence electrons. The largest absolute Gasteiger partial charge is 0.368 e. The van der Waals surface area contributed by atoms with Crippen molar-refractivity contribution < 1.29 is 13.2 Å². The Morgan fingerprint density at radius 2 is 1.14 bits per heavy atom. The van der Waals surface area contributed by atoms with Crippen molar-refractivity contribution in [2.75, 3.05) is 42.2 Å². The van der Waals surface area contributed by atoms with Crippen molar-refractivity contribution >= 4 is 72.3 Å². The molecule has 0 unspecified atom stereocenters. The molecule has 2 N–H and O–H groups in total. The van der Waals surface area contributed by atoms with Gasteiger partial charge in [-0.05, 0) is 64.1 Å². The molecule has 4 aromatic rings. The second kappa shape index (κ2) is 12.2. The zero-order chi connectivity index (χ0) is 31.2. The SMILES string of the molecule is CC(=O)N1[C@H](C)CN(c2cc(Cl)cc3[nH]ccc23)C[C@H]1C.C[C@@H]1CN(c2cc(Cl)cc3[nH]ccc23)C[C@@H](C)N1S(C)(=O)=O. The number of H-pyrrole nitrogens is 2. The maximum absolute atomic E-state index is 12.0. The predicted molar refractivity (Wildman–Crippen MR) is 178 cm³/mol. The Kier molecular flexibility index (Phi) is 8.96. The average Bonchev–Trinajstić information content (AvgIpc) is 3.55. The van der Waals surface area contributed by atoms with Gasteiger partial charge in [0, 0.05) is 113 Å². The van der Waals surface area contributed by atoms with Crippen LogP contribution in [-0.4, -0.2) is 90.1 Å². The number of aromatic nitrogens is 2. The lowest BCUT2D eigenvalue weighted by Gasteiger charge is -2.45. The molecule has 6 rings (SSSR count). The first kappa shape index (κ1) is 31.5. The molecule has 2 aromatic heterocycles. The molecule has 0 saturated carbocycles. The maximum atomic E-state index is 12.0. The fourth-order valence-corrected chi connectivity index (χ4v) is 8.91. The lowest BCUT2D eigenvalue weighted by Crippen LogP contribution is -2.58. The van der Waals surface area contributed by atoms with Crippen LogP contribution in [0.25, 0.3) is 21.8 Å². The summed E-state index contributed by atoms with van der Waals surface area (Å²) in [6.45, 7) is 12.7. The van der Waals surface area contributed by atoms with Crippen molar-refractivity contribution in [3.63, 3.8) is 0 Å². The second-order valence-corrected chi connectivity index (χ2v) is 14.7. The number of piperazine rings is 2. The van der Waals surface area contributed by atoms with E-state index in [2.05, 4.69) is 39.7 Å². The number of amides is 1. The molecule has 1 amide bonds. The van der Waals surface area contributed by atoms with Gasteiger partial charge >= 0.3 is 0 Å². The Hall–Kier alpha value is -2.92. The van der Waals surface area contributed by atoms with Crippen molar-refractivity contribution in [3.8, 4) is 0 Å². The minimum atomic E-state index is -3.20. The van der Waals surface area contributed by atoms with E-state index in [-0.39, 0.29) is 30.1 Å². The smallest absolute Gasteiger partial charge is 0.220 e. The van der Waals surface area contributed by atoms with Crippen molar-refractivity contribution in [2.24, 2.45) is 0 Å². The summed E-state index contributed by atoms with van der Waals surface area (Å²) in [5, 5.41) is 3.69. The molecule has 9 nitrogen and oxygen atoms in total. The van der Waals surface area contributed by atoms with Crippen LogP contribution in [0.3, 0.4) is 0 Å². The second-order valence-electron chi connectivity index (χ2n) is 12.0. The molecule has 2 saturated heterocycles. The number of halogens is 2. The minimum Gasteiger partial charge on any atom is -0.368 e. The number of anilines is 2. The van der Waals surface area contributed by atoms with Gasteiger partial charge in [-0.2, -0.15) is 4.31 Å². The van der Waals surface area contributed by atoms with Crippen LogP contribution < -0.4 is 9.80 Å². The van der Waals surface area contributed by atoms with Crippen molar-refractivity contribution in [1.29, 1.82) is 0 Å². The summed E-state index contributed by atoms with van der Waals surface area (Å²) in [7, 11) is -3.20. The highest BCUT2D eigenvalue weighted by atomic mass is 35.5. The van der Waals surface area contributed by atoms with Gasteiger partial charge in [0.2, 0.25) is 15.9 Å². The number of nitrogens with zero attached hydrogens (tertiary/aromatic N) is 4. The van der Waals surface area contributed by atoms with Gasteiger partial charge in [-0.3, -0.25) is 4.79 Å². The Morgan fingerprint density at radius 1 is 0.744 bits per heavy atom. The average molecular weight is 648 g/mol. The number of carbonyl (C=O) groups is 1. The van der Waals surface area contributed by atoms with Gasteiger partial charge in [0.1, 0.15) is 0 Å².